The lowest BCUT2D eigenvalue weighted by molar-refractivity contribution is -0.134. The van der Waals surface area contributed by atoms with E-state index in [2.05, 4.69) is 10.6 Å². The number of nitrogens with one attached hydrogen (secondary N) is 2. The van der Waals surface area contributed by atoms with Crippen LogP contribution in [-0.2, 0) is 9.59 Å². The predicted molar refractivity (Wildman–Crippen MR) is 59.5 cm³/mol. The molecule has 1 aliphatic rings. The summed E-state index contributed by atoms with van der Waals surface area (Å²) < 4.78 is 0. The van der Waals surface area contributed by atoms with Gasteiger partial charge < -0.3 is 15.7 Å². The Hall–Kier alpha value is -1.52. The summed E-state index contributed by atoms with van der Waals surface area (Å²) in [4.78, 5) is 21.8. The topological polar surface area (TPSA) is 78.4 Å². The smallest absolute Gasteiger partial charge is 0.354 e. The Labute approximate surface area is 94.9 Å². The van der Waals surface area contributed by atoms with Gasteiger partial charge in [0.2, 0.25) is 5.91 Å². The van der Waals surface area contributed by atoms with E-state index in [4.69, 9.17) is 5.11 Å². The normalized spacial score (nSPS) is 17.9. The molecule has 16 heavy (non-hydrogen) atoms. The molecule has 0 unspecified atom stereocenters. The summed E-state index contributed by atoms with van der Waals surface area (Å²) in [6, 6.07) is 0.336. The van der Waals surface area contributed by atoms with Crippen molar-refractivity contribution in [2.45, 2.75) is 45.6 Å². The van der Waals surface area contributed by atoms with Crippen LogP contribution in [-0.4, -0.2) is 23.0 Å². The molecule has 0 saturated heterocycles. The van der Waals surface area contributed by atoms with Crippen molar-refractivity contribution in [2.24, 2.45) is 0 Å². The second-order valence-corrected chi connectivity index (χ2v) is 4.11. The Morgan fingerprint density at radius 3 is 2.19 bits per heavy atom. The molecule has 1 aliphatic carbocycles. The molecule has 0 aromatic heterocycles. The van der Waals surface area contributed by atoms with Gasteiger partial charge in [-0.3, -0.25) is 4.79 Å². The number of carbonyl (C=O) groups excluding carboxylic acids is 1. The zero-order valence-electron chi connectivity index (χ0n) is 9.67. The molecule has 0 heterocycles. The van der Waals surface area contributed by atoms with E-state index in [0.717, 1.165) is 12.8 Å². The van der Waals surface area contributed by atoms with Gasteiger partial charge in [0.1, 0.15) is 5.70 Å². The lowest BCUT2D eigenvalue weighted by Crippen LogP contribution is -2.32. The third kappa shape index (κ3) is 3.56. The average molecular weight is 226 g/mol. The van der Waals surface area contributed by atoms with E-state index in [1.807, 2.05) is 0 Å². The number of rotatable bonds is 4. The van der Waals surface area contributed by atoms with Gasteiger partial charge in [0.05, 0.1) is 0 Å². The number of carbonyl (C=O) groups is 2. The van der Waals surface area contributed by atoms with Crippen LogP contribution in [0.5, 0.6) is 0 Å². The molecule has 90 valence electrons. The van der Waals surface area contributed by atoms with E-state index >= 15 is 0 Å². The van der Waals surface area contributed by atoms with Gasteiger partial charge in [0, 0.05) is 18.7 Å². The van der Waals surface area contributed by atoms with Crippen LogP contribution in [0.1, 0.15) is 39.5 Å². The van der Waals surface area contributed by atoms with E-state index in [0.29, 0.717) is 11.7 Å². The lowest BCUT2D eigenvalue weighted by atomic mass is 10.2. The monoisotopic (exact) mass is 226 g/mol. The van der Waals surface area contributed by atoms with E-state index in [1.54, 1.807) is 6.92 Å². The molecule has 5 nitrogen and oxygen atoms in total. The number of hydrogen-bond acceptors (Lipinski definition) is 3. The molecule has 0 bridgehead atoms. The molecule has 0 aliphatic heterocycles. The Kier molecular flexibility index (Phi) is 4.34. The molecule has 1 rings (SSSR count). The highest BCUT2D eigenvalue weighted by atomic mass is 16.4. The van der Waals surface area contributed by atoms with Crippen molar-refractivity contribution in [1.82, 2.24) is 10.6 Å². The second kappa shape index (κ2) is 5.53. The van der Waals surface area contributed by atoms with Gasteiger partial charge in [-0.15, -0.1) is 0 Å². The summed E-state index contributed by atoms with van der Waals surface area (Å²) in [5.41, 5.74) is 0.467. The highest BCUT2D eigenvalue weighted by molar-refractivity contribution is 5.92. The molecule has 0 aromatic carbocycles. The SMILES string of the molecule is CC(=O)NC(C(=O)O)=C(C)NC1CCCC1. The number of allylic oxidation sites excluding steroid dienone is 1. The zero-order valence-corrected chi connectivity index (χ0v) is 9.67. The van der Waals surface area contributed by atoms with Gasteiger partial charge in [-0.25, -0.2) is 4.79 Å². The summed E-state index contributed by atoms with van der Waals surface area (Å²) in [5.74, 6) is -1.48. The van der Waals surface area contributed by atoms with E-state index in [-0.39, 0.29) is 11.6 Å². The van der Waals surface area contributed by atoms with Gasteiger partial charge in [-0.2, -0.15) is 0 Å². The molecule has 0 aromatic rings. The fourth-order valence-electron chi connectivity index (χ4n) is 1.93. The summed E-state index contributed by atoms with van der Waals surface area (Å²) in [5, 5.41) is 14.4. The molecule has 5 heteroatoms. The number of hydrogen-bond donors (Lipinski definition) is 3. The number of carboxylic acids is 1. The maximum atomic E-state index is 10.9. The third-order valence-corrected chi connectivity index (χ3v) is 2.67. The summed E-state index contributed by atoms with van der Waals surface area (Å²) >= 11 is 0. The second-order valence-electron chi connectivity index (χ2n) is 4.11. The van der Waals surface area contributed by atoms with E-state index in [1.165, 1.54) is 19.8 Å². The summed E-state index contributed by atoms with van der Waals surface area (Å²) in [6.07, 6.45) is 4.47. The molecule has 1 amide bonds. The first-order valence-electron chi connectivity index (χ1n) is 5.49. The maximum Gasteiger partial charge on any atom is 0.354 e. The van der Waals surface area contributed by atoms with Gasteiger partial charge in [0.25, 0.3) is 0 Å². The van der Waals surface area contributed by atoms with Crippen molar-refractivity contribution in [1.29, 1.82) is 0 Å². The molecule has 3 N–H and O–H groups in total. The summed E-state index contributed by atoms with van der Waals surface area (Å²) in [6.45, 7) is 2.98. The minimum Gasteiger partial charge on any atom is -0.477 e. The molecule has 0 atom stereocenters. The Balaban J connectivity index is 2.70. The molecule has 1 fully saturated rings. The van der Waals surface area contributed by atoms with Crippen LogP contribution >= 0.6 is 0 Å². The van der Waals surface area contributed by atoms with Gasteiger partial charge in [-0.1, -0.05) is 12.8 Å². The quantitative estimate of drug-likeness (QED) is 0.624. The van der Waals surface area contributed by atoms with Crippen molar-refractivity contribution in [3.8, 4) is 0 Å². The van der Waals surface area contributed by atoms with Crippen LogP contribution in [0.4, 0.5) is 0 Å². The van der Waals surface area contributed by atoms with Crippen LogP contribution in [0.2, 0.25) is 0 Å². The maximum absolute atomic E-state index is 10.9. The van der Waals surface area contributed by atoms with Crippen molar-refractivity contribution in [3.05, 3.63) is 11.4 Å². The molecule has 0 spiro atoms. The van der Waals surface area contributed by atoms with Crippen molar-refractivity contribution < 1.29 is 14.7 Å². The fraction of sp³-hybridized carbons (Fsp3) is 0.636. The minimum absolute atomic E-state index is 0.0561. The minimum atomic E-state index is -1.11. The third-order valence-electron chi connectivity index (χ3n) is 2.67. The standard InChI is InChI=1S/C11H18N2O3/c1-7(12-9-5-3-4-6-9)10(11(15)16)13-8(2)14/h9,12H,3-6H2,1-2H3,(H,13,14)(H,15,16). The number of carboxylic acid groups (broad SMARTS) is 1. The predicted octanol–water partition coefficient (Wildman–Crippen LogP) is 0.971. The Morgan fingerprint density at radius 2 is 1.75 bits per heavy atom. The van der Waals surface area contributed by atoms with Crippen LogP contribution in [0.25, 0.3) is 0 Å². The molecular formula is C11H18N2O3. The highest BCUT2D eigenvalue weighted by Gasteiger charge is 2.18. The first kappa shape index (κ1) is 12.5. The molecule has 0 radical (unpaired) electrons. The lowest BCUT2D eigenvalue weighted by Gasteiger charge is -2.16. The number of aliphatic carboxylic acids is 1. The van der Waals surface area contributed by atoms with Crippen molar-refractivity contribution in [3.63, 3.8) is 0 Å². The highest BCUT2D eigenvalue weighted by Crippen LogP contribution is 2.19. The first-order chi connectivity index (χ1) is 7.50. The van der Waals surface area contributed by atoms with Crippen molar-refractivity contribution >= 4 is 11.9 Å². The fourth-order valence-corrected chi connectivity index (χ4v) is 1.93. The van der Waals surface area contributed by atoms with Gasteiger partial charge in [-0.05, 0) is 19.8 Å². The van der Waals surface area contributed by atoms with E-state index < -0.39 is 5.97 Å². The van der Waals surface area contributed by atoms with Crippen LogP contribution in [0, 0.1) is 0 Å². The summed E-state index contributed by atoms with van der Waals surface area (Å²) in [7, 11) is 0. The van der Waals surface area contributed by atoms with Gasteiger partial charge in [0.15, 0.2) is 0 Å². The first-order valence-corrected chi connectivity index (χ1v) is 5.49. The van der Waals surface area contributed by atoms with Crippen LogP contribution in [0.15, 0.2) is 11.4 Å². The van der Waals surface area contributed by atoms with Crippen LogP contribution < -0.4 is 10.6 Å². The Bertz CT molecular complexity index is 317. The molecular weight excluding hydrogens is 208 g/mol. The average Bonchev–Trinajstić information content (AvgIpc) is 2.65. The van der Waals surface area contributed by atoms with Crippen molar-refractivity contribution in [2.75, 3.05) is 0 Å². The van der Waals surface area contributed by atoms with Gasteiger partial charge >= 0.3 is 5.97 Å². The molecule has 1 saturated carbocycles. The van der Waals surface area contributed by atoms with E-state index in [9.17, 15) is 9.59 Å². The number of amides is 1. The largest absolute Gasteiger partial charge is 0.477 e. The Morgan fingerprint density at radius 1 is 1.19 bits per heavy atom. The zero-order chi connectivity index (χ0) is 12.1. The van der Waals surface area contributed by atoms with Crippen LogP contribution in [0.3, 0.4) is 0 Å².